The van der Waals surface area contributed by atoms with Gasteiger partial charge < -0.3 is 25.4 Å². The molecule has 0 aliphatic heterocycles. The van der Waals surface area contributed by atoms with Crippen molar-refractivity contribution in [1.29, 1.82) is 0 Å². The fraction of sp³-hybridized carbons (Fsp3) is 0.458. The zero-order valence-electron chi connectivity index (χ0n) is 19.6. The zero-order chi connectivity index (χ0) is 22.8. The van der Waals surface area contributed by atoms with Crippen LogP contribution in [0.1, 0.15) is 43.6 Å². The molecule has 32 heavy (non-hydrogen) atoms. The molecule has 2 aromatic carbocycles. The van der Waals surface area contributed by atoms with Crippen molar-refractivity contribution in [2.75, 3.05) is 27.2 Å². The van der Waals surface area contributed by atoms with Crippen LogP contribution < -0.4 is 15.4 Å². The molecule has 0 radical (unpaired) electrons. The summed E-state index contributed by atoms with van der Waals surface area (Å²) in [7, 11) is 3.82. The van der Waals surface area contributed by atoms with Gasteiger partial charge in [-0.15, -0.1) is 24.0 Å². The maximum absolute atomic E-state index is 14.0. The summed E-state index contributed by atoms with van der Waals surface area (Å²) in [6.07, 6.45) is -0.639. The summed E-state index contributed by atoms with van der Waals surface area (Å²) in [5.41, 5.74) is 2.34. The van der Waals surface area contributed by atoms with Crippen LogP contribution in [0.4, 0.5) is 4.39 Å². The lowest BCUT2D eigenvalue weighted by molar-refractivity contribution is 0.179. The van der Waals surface area contributed by atoms with E-state index in [2.05, 4.69) is 15.6 Å². The van der Waals surface area contributed by atoms with E-state index in [4.69, 9.17) is 4.74 Å². The molecule has 0 aliphatic carbocycles. The average Bonchev–Trinajstić information content (AvgIpc) is 2.71. The van der Waals surface area contributed by atoms with E-state index in [-0.39, 0.29) is 35.9 Å². The Balaban J connectivity index is 0.00000512. The highest BCUT2D eigenvalue weighted by Gasteiger charge is 2.11. The molecular formula is C24H36FIN4O2. The molecule has 2 aromatic rings. The standard InChI is InChI=1S/C24H35FN4O2.HI/c1-6-26-24(27-14-18-10-11-22(25)20(12-18)16-29(4)5)28-15-23(30)19-8-7-9-21(13-19)31-17(2)3;/h7-13,17,23,30H,6,14-16H2,1-5H3,(H2,26,27,28);1H. The third kappa shape index (κ3) is 9.70. The minimum absolute atomic E-state index is 0. The van der Waals surface area contributed by atoms with E-state index in [1.54, 1.807) is 6.07 Å². The fourth-order valence-corrected chi connectivity index (χ4v) is 3.08. The highest BCUT2D eigenvalue weighted by Crippen LogP contribution is 2.20. The Labute approximate surface area is 208 Å². The Hall–Kier alpha value is -1.91. The Bertz CT molecular complexity index is 862. The van der Waals surface area contributed by atoms with Crippen LogP contribution in [0.5, 0.6) is 5.75 Å². The number of halogens is 2. The molecule has 3 N–H and O–H groups in total. The van der Waals surface area contributed by atoms with Gasteiger partial charge >= 0.3 is 0 Å². The molecule has 0 saturated heterocycles. The quantitative estimate of drug-likeness (QED) is 0.233. The first-order valence-corrected chi connectivity index (χ1v) is 10.7. The molecule has 0 aliphatic rings. The van der Waals surface area contributed by atoms with Gasteiger partial charge in [-0.2, -0.15) is 0 Å². The topological polar surface area (TPSA) is 69.1 Å². The van der Waals surface area contributed by atoms with E-state index in [1.807, 2.05) is 70.1 Å². The molecule has 0 fully saturated rings. The predicted molar refractivity (Wildman–Crippen MR) is 139 cm³/mol. The minimum Gasteiger partial charge on any atom is -0.491 e. The van der Waals surface area contributed by atoms with Crippen molar-refractivity contribution in [3.05, 3.63) is 65.0 Å². The van der Waals surface area contributed by atoms with Gasteiger partial charge in [-0.1, -0.05) is 18.2 Å². The van der Waals surface area contributed by atoms with Crippen molar-refractivity contribution in [2.45, 2.75) is 46.1 Å². The van der Waals surface area contributed by atoms with Gasteiger partial charge in [0.05, 0.1) is 18.8 Å². The number of ether oxygens (including phenoxy) is 1. The van der Waals surface area contributed by atoms with E-state index in [9.17, 15) is 9.50 Å². The zero-order valence-corrected chi connectivity index (χ0v) is 21.9. The molecule has 0 heterocycles. The lowest BCUT2D eigenvalue weighted by Gasteiger charge is -2.17. The van der Waals surface area contributed by atoms with Gasteiger partial charge in [-0.3, -0.25) is 0 Å². The molecule has 0 spiro atoms. The van der Waals surface area contributed by atoms with Crippen LogP contribution in [0.15, 0.2) is 47.5 Å². The van der Waals surface area contributed by atoms with Crippen LogP contribution in [0.2, 0.25) is 0 Å². The van der Waals surface area contributed by atoms with E-state index >= 15 is 0 Å². The summed E-state index contributed by atoms with van der Waals surface area (Å²) >= 11 is 0. The lowest BCUT2D eigenvalue weighted by Crippen LogP contribution is -2.39. The van der Waals surface area contributed by atoms with Gasteiger partial charge in [0.2, 0.25) is 0 Å². The second kappa shape index (κ2) is 14.3. The number of benzene rings is 2. The largest absolute Gasteiger partial charge is 0.491 e. The van der Waals surface area contributed by atoms with Crippen molar-refractivity contribution < 1.29 is 14.2 Å². The number of hydrogen-bond acceptors (Lipinski definition) is 4. The van der Waals surface area contributed by atoms with Crippen LogP contribution in [-0.4, -0.2) is 49.3 Å². The SMILES string of the molecule is CCNC(=NCc1ccc(F)c(CN(C)C)c1)NCC(O)c1cccc(OC(C)C)c1.I. The second-order valence-electron chi connectivity index (χ2n) is 7.99. The number of hydrogen-bond donors (Lipinski definition) is 3. The molecule has 8 heteroatoms. The molecule has 178 valence electrons. The smallest absolute Gasteiger partial charge is 0.191 e. The summed E-state index contributed by atoms with van der Waals surface area (Å²) in [4.78, 5) is 6.51. The van der Waals surface area contributed by atoms with Crippen molar-refractivity contribution in [3.63, 3.8) is 0 Å². The third-order valence-corrected chi connectivity index (χ3v) is 4.44. The molecule has 1 atom stereocenters. The minimum atomic E-state index is -0.711. The number of rotatable bonds is 10. The first kappa shape index (κ1) is 28.1. The van der Waals surface area contributed by atoms with Gasteiger partial charge in [0, 0.05) is 25.2 Å². The predicted octanol–water partition coefficient (Wildman–Crippen LogP) is 4.08. The molecule has 1 unspecified atom stereocenters. The molecule has 0 saturated carbocycles. The summed E-state index contributed by atoms with van der Waals surface area (Å²) in [5, 5.41) is 16.9. The summed E-state index contributed by atoms with van der Waals surface area (Å²) < 4.78 is 19.7. The molecule has 0 aromatic heterocycles. The maximum atomic E-state index is 14.0. The van der Waals surface area contributed by atoms with Gasteiger partial charge in [-0.25, -0.2) is 9.38 Å². The van der Waals surface area contributed by atoms with Gasteiger partial charge in [0.25, 0.3) is 0 Å². The van der Waals surface area contributed by atoms with Crippen LogP contribution in [0.25, 0.3) is 0 Å². The summed E-state index contributed by atoms with van der Waals surface area (Å²) in [6, 6.07) is 12.5. The number of nitrogens with one attached hydrogen (secondary N) is 2. The Kier molecular flexibility index (Phi) is 12.6. The lowest BCUT2D eigenvalue weighted by atomic mass is 10.1. The van der Waals surface area contributed by atoms with Crippen molar-refractivity contribution >= 4 is 29.9 Å². The summed E-state index contributed by atoms with van der Waals surface area (Å²) in [6.45, 7) is 7.84. The van der Waals surface area contributed by atoms with Crippen molar-refractivity contribution in [3.8, 4) is 5.75 Å². The average molecular weight is 558 g/mol. The maximum Gasteiger partial charge on any atom is 0.191 e. The number of aliphatic hydroxyl groups excluding tert-OH is 1. The molecule has 0 bridgehead atoms. The number of guanidine groups is 1. The van der Waals surface area contributed by atoms with Gasteiger partial charge in [-0.05, 0) is 70.3 Å². The highest BCUT2D eigenvalue weighted by molar-refractivity contribution is 14.0. The van der Waals surface area contributed by atoms with E-state index in [1.165, 1.54) is 6.07 Å². The Morgan fingerprint density at radius 3 is 2.56 bits per heavy atom. The fourth-order valence-electron chi connectivity index (χ4n) is 3.08. The summed E-state index contributed by atoms with van der Waals surface area (Å²) in [5.74, 6) is 1.12. The highest BCUT2D eigenvalue weighted by atomic mass is 127. The molecule has 0 amide bonds. The van der Waals surface area contributed by atoms with Gasteiger partial charge in [0.1, 0.15) is 11.6 Å². The number of nitrogens with zero attached hydrogens (tertiary/aromatic N) is 2. The van der Waals surface area contributed by atoms with Crippen molar-refractivity contribution in [2.24, 2.45) is 4.99 Å². The van der Waals surface area contributed by atoms with E-state index in [0.717, 1.165) is 16.9 Å². The Morgan fingerprint density at radius 1 is 1.16 bits per heavy atom. The Morgan fingerprint density at radius 2 is 1.91 bits per heavy atom. The van der Waals surface area contributed by atoms with Crippen LogP contribution in [0, 0.1) is 5.82 Å². The second-order valence-corrected chi connectivity index (χ2v) is 7.99. The number of aliphatic hydroxyl groups is 1. The molecule has 2 rings (SSSR count). The van der Waals surface area contributed by atoms with E-state index in [0.29, 0.717) is 37.7 Å². The van der Waals surface area contributed by atoms with E-state index < -0.39 is 6.10 Å². The first-order valence-electron chi connectivity index (χ1n) is 10.7. The normalized spacial score (nSPS) is 12.5. The number of aliphatic imine (C=N–C) groups is 1. The monoisotopic (exact) mass is 558 g/mol. The van der Waals surface area contributed by atoms with Gasteiger partial charge in [0.15, 0.2) is 5.96 Å². The molecule has 6 nitrogen and oxygen atoms in total. The van der Waals surface area contributed by atoms with Crippen LogP contribution in [0.3, 0.4) is 0 Å². The van der Waals surface area contributed by atoms with Crippen LogP contribution >= 0.6 is 24.0 Å². The molecular weight excluding hydrogens is 522 g/mol. The first-order chi connectivity index (χ1) is 14.8. The van der Waals surface area contributed by atoms with Crippen molar-refractivity contribution in [1.82, 2.24) is 15.5 Å². The van der Waals surface area contributed by atoms with Crippen LogP contribution in [-0.2, 0) is 13.1 Å². The third-order valence-electron chi connectivity index (χ3n) is 4.44.